The van der Waals surface area contributed by atoms with Gasteiger partial charge in [-0.05, 0) is 44.8 Å². The van der Waals surface area contributed by atoms with E-state index in [2.05, 4.69) is 5.32 Å². The van der Waals surface area contributed by atoms with E-state index in [0.29, 0.717) is 6.54 Å². The third-order valence-electron chi connectivity index (χ3n) is 2.27. The highest BCUT2D eigenvalue weighted by Crippen LogP contribution is 2.21. The summed E-state index contributed by atoms with van der Waals surface area (Å²) in [7, 11) is 3.69. The molecule has 5 heteroatoms. The van der Waals surface area contributed by atoms with Crippen LogP contribution in [0.15, 0.2) is 18.2 Å². The van der Waals surface area contributed by atoms with Crippen molar-refractivity contribution in [3.05, 3.63) is 23.8 Å². The van der Waals surface area contributed by atoms with Crippen molar-refractivity contribution in [2.24, 2.45) is 0 Å². The second-order valence-electron chi connectivity index (χ2n) is 4.34. The number of hydrogen-bond acceptors (Lipinski definition) is 4. The highest BCUT2D eigenvalue weighted by Gasteiger charge is 2.05. The summed E-state index contributed by atoms with van der Waals surface area (Å²) in [5.41, 5.74) is 1.67. The lowest BCUT2D eigenvalue weighted by molar-refractivity contribution is -0.116. The Bertz CT molecular complexity index is 405. The van der Waals surface area contributed by atoms with Gasteiger partial charge in [0.1, 0.15) is 12.4 Å². The van der Waals surface area contributed by atoms with Gasteiger partial charge in [0.05, 0.1) is 13.2 Å². The van der Waals surface area contributed by atoms with Crippen molar-refractivity contribution >= 4 is 11.6 Å². The minimum Gasteiger partial charge on any atom is -0.491 e. The van der Waals surface area contributed by atoms with Crippen molar-refractivity contribution in [1.82, 2.24) is 4.90 Å². The number of rotatable bonds is 6. The van der Waals surface area contributed by atoms with Crippen LogP contribution in [-0.4, -0.2) is 49.8 Å². The maximum atomic E-state index is 11.6. The lowest BCUT2D eigenvalue weighted by Crippen LogP contribution is -2.27. The highest BCUT2D eigenvalue weighted by molar-refractivity contribution is 5.92. The molecule has 5 nitrogen and oxygen atoms in total. The summed E-state index contributed by atoms with van der Waals surface area (Å²) in [4.78, 5) is 13.4. The van der Waals surface area contributed by atoms with E-state index in [9.17, 15) is 4.79 Å². The minimum absolute atomic E-state index is 0.0131. The molecule has 0 bridgehead atoms. The molecule has 100 valence electrons. The van der Waals surface area contributed by atoms with Gasteiger partial charge in [0.15, 0.2) is 0 Å². The summed E-state index contributed by atoms with van der Waals surface area (Å²) >= 11 is 0. The van der Waals surface area contributed by atoms with Crippen LogP contribution in [0.2, 0.25) is 0 Å². The molecule has 0 radical (unpaired) electrons. The number of nitrogens with one attached hydrogen (secondary N) is 1. The van der Waals surface area contributed by atoms with Crippen LogP contribution >= 0.6 is 0 Å². The van der Waals surface area contributed by atoms with E-state index in [0.717, 1.165) is 17.0 Å². The molecular formula is C13H20N2O3. The molecule has 0 aliphatic carbocycles. The summed E-state index contributed by atoms with van der Waals surface area (Å²) in [5.74, 6) is 0.665. The van der Waals surface area contributed by atoms with Crippen LogP contribution in [-0.2, 0) is 4.79 Å². The Morgan fingerprint density at radius 1 is 1.44 bits per heavy atom. The van der Waals surface area contributed by atoms with Gasteiger partial charge in [-0.25, -0.2) is 0 Å². The number of aliphatic hydroxyl groups excluding tert-OH is 1. The molecule has 0 fully saturated rings. The second kappa shape index (κ2) is 6.98. The van der Waals surface area contributed by atoms with Gasteiger partial charge in [0.2, 0.25) is 5.91 Å². The fraction of sp³-hybridized carbons (Fsp3) is 0.462. The SMILES string of the molecule is Cc1cc(NC(=O)CN(C)C)ccc1OCCO. The zero-order valence-electron chi connectivity index (χ0n) is 11.1. The summed E-state index contributed by atoms with van der Waals surface area (Å²) in [6.45, 7) is 2.50. The Morgan fingerprint density at radius 3 is 2.72 bits per heavy atom. The summed E-state index contributed by atoms with van der Waals surface area (Å²) < 4.78 is 5.34. The summed E-state index contributed by atoms with van der Waals surface area (Å²) in [5, 5.41) is 11.5. The smallest absolute Gasteiger partial charge is 0.238 e. The van der Waals surface area contributed by atoms with E-state index in [-0.39, 0.29) is 19.1 Å². The Balaban J connectivity index is 2.63. The predicted molar refractivity (Wildman–Crippen MR) is 70.9 cm³/mol. The van der Waals surface area contributed by atoms with Crippen LogP contribution < -0.4 is 10.1 Å². The molecule has 1 rings (SSSR count). The van der Waals surface area contributed by atoms with E-state index >= 15 is 0 Å². The van der Waals surface area contributed by atoms with Gasteiger partial charge in [-0.1, -0.05) is 0 Å². The first kappa shape index (κ1) is 14.5. The average molecular weight is 252 g/mol. The number of hydrogen-bond donors (Lipinski definition) is 2. The van der Waals surface area contributed by atoms with Crippen LogP contribution in [0.4, 0.5) is 5.69 Å². The van der Waals surface area contributed by atoms with Crippen LogP contribution in [0.3, 0.4) is 0 Å². The fourth-order valence-corrected chi connectivity index (χ4v) is 1.53. The Kier molecular flexibility index (Phi) is 5.61. The molecular weight excluding hydrogens is 232 g/mol. The van der Waals surface area contributed by atoms with E-state index in [1.54, 1.807) is 17.0 Å². The van der Waals surface area contributed by atoms with Gasteiger partial charge in [-0.15, -0.1) is 0 Å². The van der Waals surface area contributed by atoms with E-state index < -0.39 is 0 Å². The molecule has 1 aromatic carbocycles. The number of anilines is 1. The van der Waals surface area contributed by atoms with Crippen LogP contribution in [0, 0.1) is 6.92 Å². The third kappa shape index (κ3) is 4.73. The quantitative estimate of drug-likeness (QED) is 0.788. The average Bonchev–Trinajstić information content (AvgIpc) is 2.26. The maximum Gasteiger partial charge on any atom is 0.238 e. The first-order chi connectivity index (χ1) is 8.52. The standard InChI is InChI=1S/C13H20N2O3/c1-10-8-11(14-13(17)9-15(2)3)4-5-12(10)18-7-6-16/h4-5,8,16H,6-7,9H2,1-3H3,(H,14,17). The molecule has 0 aliphatic heterocycles. The maximum absolute atomic E-state index is 11.6. The normalized spacial score (nSPS) is 10.5. The molecule has 0 aromatic heterocycles. The van der Waals surface area contributed by atoms with Crippen molar-refractivity contribution in [3.63, 3.8) is 0 Å². The fourth-order valence-electron chi connectivity index (χ4n) is 1.53. The van der Waals surface area contributed by atoms with Crippen LogP contribution in [0.25, 0.3) is 0 Å². The number of carbonyl (C=O) groups excluding carboxylic acids is 1. The second-order valence-corrected chi connectivity index (χ2v) is 4.34. The van der Waals surface area contributed by atoms with E-state index in [1.807, 2.05) is 27.1 Å². The first-order valence-corrected chi connectivity index (χ1v) is 5.82. The van der Waals surface area contributed by atoms with Crippen molar-refractivity contribution in [2.75, 3.05) is 39.2 Å². The molecule has 0 saturated heterocycles. The van der Waals surface area contributed by atoms with Gasteiger partial charge < -0.3 is 20.1 Å². The highest BCUT2D eigenvalue weighted by atomic mass is 16.5. The number of aryl methyl sites for hydroxylation is 1. The Morgan fingerprint density at radius 2 is 2.17 bits per heavy atom. The molecule has 0 atom stereocenters. The van der Waals surface area contributed by atoms with E-state index in [4.69, 9.17) is 9.84 Å². The van der Waals surface area contributed by atoms with Gasteiger partial charge in [0, 0.05) is 5.69 Å². The largest absolute Gasteiger partial charge is 0.491 e. The Hall–Kier alpha value is -1.59. The molecule has 2 N–H and O–H groups in total. The van der Waals surface area contributed by atoms with E-state index in [1.165, 1.54) is 0 Å². The molecule has 0 unspecified atom stereocenters. The molecule has 1 amide bonds. The molecule has 1 aromatic rings. The molecule has 0 spiro atoms. The zero-order valence-corrected chi connectivity index (χ0v) is 11.1. The predicted octanol–water partition coefficient (Wildman–Crippen LogP) is 0.866. The number of aliphatic hydroxyl groups is 1. The first-order valence-electron chi connectivity index (χ1n) is 5.82. The number of carbonyl (C=O) groups is 1. The molecule has 0 aliphatic rings. The van der Waals surface area contributed by atoms with Gasteiger partial charge in [-0.2, -0.15) is 0 Å². The number of amides is 1. The van der Waals surface area contributed by atoms with Gasteiger partial charge in [-0.3, -0.25) is 4.79 Å². The van der Waals surface area contributed by atoms with Crippen LogP contribution in [0.1, 0.15) is 5.56 Å². The lowest BCUT2D eigenvalue weighted by Gasteiger charge is -2.12. The number of nitrogens with zero attached hydrogens (tertiary/aromatic N) is 1. The monoisotopic (exact) mass is 252 g/mol. The summed E-state index contributed by atoms with van der Waals surface area (Å²) in [6, 6.07) is 5.42. The van der Waals surface area contributed by atoms with Crippen LogP contribution in [0.5, 0.6) is 5.75 Å². The lowest BCUT2D eigenvalue weighted by atomic mass is 10.2. The third-order valence-corrected chi connectivity index (χ3v) is 2.27. The topological polar surface area (TPSA) is 61.8 Å². The van der Waals surface area contributed by atoms with Crippen molar-refractivity contribution < 1.29 is 14.6 Å². The number of benzene rings is 1. The summed E-state index contributed by atoms with van der Waals surface area (Å²) in [6.07, 6.45) is 0. The van der Waals surface area contributed by atoms with Crippen molar-refractivity contribution in [3.8, 4) is 5.75 Å². The van der Waals surface area contributed by atoms with Crippen molar-refractivity contribution in [1.29, 1.82) is 0 Å². The number of ether oxygens (including phenoxy) is 1. The minimum atomic E-state index is -0.0524. The molecule has 0 saturated carbocycles. The van der Waals surface area contributed by atoms with Gasteiger partial charge in [0.25, 0.3) is 0 Å². The van der Waals surface area contributed by atoms with Gasteiger partial charge >= 0.3 is 0 Å². The molecule has 0 heterocycles. The number of likely N-dealkylation sites (N-methyl/N-ethyl adjacent to an activating group) is 1. The molecule has 18 heavy (non-hydrogen) atoms. The van der Waals surface area contributed by atoms with Crippen molar-refractivity contribution in [2.45, 2.75) is 6.92 Å². The Labute approximate surface area is 107 Å². The zero-order chi connectivity index (χ0) is 13.5.